The maximum Gasteiger partial charge on any atom is 0.247 e. The molecule has 0 aliphatic carbocycles. The second-order valence-electron chi connectivity index (χ2n) is 5.85. The Bertz CT molecular complexity index is 730. The van der Waals surface area contributed by atoms with Gasteiger partial charge in [-0.2, -0.15) is 0 Å². The van der Waals surface area contributed by atoms with E-state index in [1.165, 1.54) is 37.4 Å². The van der Waals surface area contributed by atoms with E-state index in [-0.39, 0.29) is 23.5 Å². The molecule has 0 aliphatic rings. The molecule has 1 aromatic carbocycles. The lowest BCUT2D eigenvalue weighted by Crippen LogP contribution is -2.46. The third-order valence-electron chi connectivity index (χ3n) is 3.35. The molecule has 0 aliphatic heterocycles. The highest BCUT2D eigenvalue weighted by molar-refractivity contribution is 5.97. The van der Waals surface area contributed by atoms with Gasteiger partial charge in [0, 0.05) is 13.0 Å². The molecule has 0 saturated carbocycles. The minimum absolute atomic E-state index is 0.0575. The third kappa shape index (κ3) is 5.56. The van der Waals surface area contributed by atoms with Crippen LogP contribution in [0.4, 0.5) is 10.1 Å². The van der Waals surface area contributed by atoms with Crippen LogP contribution in [0.15, 0.2) is 42.6 Å². The lowest BCUT2D eigenvalue weighted by atomic mass is 10.0. The smallest absolute Gasteiger partial charge is 0.247 e. The third-order valence-corrected chi connectivity index (χ3v) is 3.35. The van der Waals surface area contributed by atoms with Gasteiger partial charge in [-0.1, -0.05) is 13.8 Å². The number of hydrogen-bond donors (Lipinski definition) is 2. The number of anilines is 1. The Hall–Kier alpha value is -2.96. The molecule has 0 spiro atoms. The number of nitrogens with zero attached hydrogens (tertiary/aromatic N) is 1. The van der Waals surface area contributed by atoms with Gasteiger partial charge >= 0.3 is 0 Å². The van der Waals surface area contributed by atoms with E-state index in [4.69, 9.17) is 4.74 Å². The standard InChI is InChI=1S/C18H20FN3O3/c1-11(2)17(21-12(3)23)18(24)22-14-6-9-16(20-10-14)25-15-7-4-13(19)5-8-15/h4-11,17H,1-3H3,(H,21,23)(H,22,24). The predicted octanol–water partition coefficient (Wildman–Crippen LogP) is 3.11. The van der Waals surface area contributed by atoms with E-state index in [1.807, 2.05) is 13.8 Å². The van der Waals surface area contributed by atoms with Crippen molar-refractivity contribution in [2.45, 2.75) is 26.8 Å². The molecule has 2 amide bonds. The molecule has 2 rings (SSSR count). The van der Waals surface area contributed by atoms with Crippen molar-refractivity contribution in [1.82, 2.24) is 10.3 Å². The van der Waals surface area contributed by atoms with Gasteiger partial charge < -0.3 is 15.4 Å². The maximum atomic E-state index is 12.9. The maximum absolute atomic E-state index is 12.9. The fourth-order valence-electron chi connectivity index (χ4n) is 2.11. The molecule has 7 heteroatoms. The van der Waals surface area contributed by atoms with E-state index in [9.17, 15) is 14.0 Å². The van der Waals surface area contributed by atoms with Gasteiger partial charge in [-0.3, -0.25) is 9.59 Å². The Morgan fingerprint density at radius 1 is 1.12 bits per heavy atom. The van der Waals surface area contributed by atoms with Crippen molar-refractivity contribution < 1.29 is 18.7 Å². The summed E-state index contributed by atoms with van der Waals surface area (Å²) in [6.07, 6.45) is 1.45. The van der Waals surface area contributed by atoms with E-state index in [0.717, 1.165) is 0 Å². The summed E-state index contributed by atoms with van der Waals surface area (Å²) in [6.45, 7) is 5.06. The molecule has 1 unspecified atom stereocenters. The van der Waals surface area contributed by atoms with Gasteiger partial charge in [-0.25, -0.2) is 9.37 Å². The topological polar surface area (TPSA) is 80.3 Å². The number of carbonyl (C=O) groups is 2. The van der Waals surface area contributed by atoms with Crippen LogP contribution in [0, 0.1) is 11.7 Å². The largest absolute Gasteiger partial charge is 0.439 e. The lowest BCUT2D eigenvalue weighted by Gasteiger charge is -2.20. The zero-order valence-corrected chi connectivity index (χ0v) is 14.2. The van der Waals surface area contributed by atoms with Gasteiger partial charge in [0.1, 0.15) is 17.6 Å². The number of rotatable bonds is 6. The van der Waals surface area contributed by atoms with Crippen LogP contribution in [0.25, 0.3) is 0 Å². The van der Waals surface area contributed by atoms with Crippen LogP contribution in [0.1, 0.15) is 20.8 Å². The van der Waals surface area contributed by atoms with Crippen LogP contribution in [0.3, 0.4) is 0 Å². The van der Waals surface area contributed by atoms with E-state index >= 15 is 0 Å². The number of ether oxygens (including phenoxy) is 1. The predicted molar refractivity (Wildman–Crippen MR) is 91.8 cm³/mol. The molecule has 0 bridgehead atoms. The number of pyridine rings is 1. The van der Waals surface area contributed by atoms with Crippen molar-refractivity contribution in [3.63, 3.8) is 0 Å². The summed E-state index contributed by atoms with van der Waals surface area (Å²) in [6, 6.07) is 8.15. The van der Waals surface area contributed by atoms with Crippen LogP contribution in [0.5, 0.6) is 11.6 Å². The summed E-state index contributed by atoms with van der Waals surface area (Å²) in [5.41, 5.74) is 0.479. The molecule has 6 nitrogen and oxygen atoms in total. The average Bonchev–Trinajstić information content (AvgIpc) is 2.56. The van der Waals surface area contributed by atoms with E-state index in [1.54, 1.807) is 12.1 Å². The quantitative estimate of drug-likeness (QED) is 0.843. The van der Waals surface area contributed by atoms with Crippen LogP contribution < -0.4 is 15.4 Å². The minimum Gasteiger partial charge on any atom is -0.439 e. The highest BCUT2D eigenvalue weighted by Crippen LogP contribution is 2.20. The van der Waals surface area contributed by atoms with Crippen molar-refractivity contribution in [3.05, 3.63) is 48.4 Å². The molecule has 132 valence electrons. The Morgan fingerprint density at radius 3 is 2.32 bits per heavy atom. The Balaban J connectivity index is 2.00. The normalized spacial score (nSPS) is 11.7. The van der Waals surface area contributed by atoms with Crippen molar-refractivity contribution in [2.24, 2.45) is 5.92 Å². The molecular formula is C18H20FN3O3. The van der Waals surface area contributed by atoms with Crippen LogP contribution >= 0.6 is 0 Å². The summed E-state index contributed by atoms with van der Waals surface area (Å²) in [4.78, 5) is 27.6. The first-order chi connectivity index (χ1) is 11.8. The molecular weight excluding hydrogens is 325 g/mol. The number of halogens is 1. The summed E-state index contributed by atoms with van der Waals surface area (Å²) in [7, 11) is 0. The van der Waals surface area contributed by atoms with Crippen LogP contribution in [-0.4, -0.2) is 22.8 Å². The second-order valence-corrected chi connectivity index (χ2v) is 5.85. The first-order valence-electron chi connectivity index (χ1n) is 7.82. The summed E-state index contributed by atoms with van der Waals surface area (Å²) >= 11 is 0. The molecule has 1 aromatic heterocycles. The summed E-state index contributed by atoms with van der Waals surface area (Å²) in [5.74, 6) is -0.229. The number of hydrogen-bond acceptors (Lipinski definition) is 4. The van der Waals surface area contributed by atoms with Crippen molar-refractivity contribution in [1.29, 1.82) is 0 Å². The molecule has 1 atom stereocenters. The highest BCUT2D eigenvalue weighted by atomic mass is 19.1. The number of aromatic nitrogens is 1. The summed E-state index contributed by atoms with van der Waals surface area (Å²) < 4.78 is 18.3. The molecule has 25 heavy (non-hydrogen) atoms. The zero-order chi connectivity index (χ0) is 18.4. The molecule has 2 N–H and O–H groups in total. The van der Waals surface area contributed by atoms with E-state index in [0.29, 0.717) is 17.3 Å². The molecule has 0 radical (unpaired) electrons. The molecule has 2 aromatic rings. The fraction of sp³-hybridized carbons (Fsp3) is 0.278. The second kappa shape index (κ2) is 8.23. The van der Waals surface area contributed by atoms with Crippen LogP contribution in [0.2, 0.25) is 0 Å². The molecule has 1 heterocycles. The SMILES string of the molecule is CC(=O)NC(C(=O)Nc1ccc(Oc2ccc(F)cc2)nc1)C(C)C. The monoisotopic (exact) mass is 345 g/mol. The van der Waals surface area contributed by atoms with Gasteiger partial charge in [0.2, 0.25) is 17.7 Å². The Labute approximate surface area is 145 Å². The number of benzene rings is 1. The highest BCUT2D eigenvalue weighted by Gasteiger charge is 2.23. The van der Waals surface area contributed by atoms with Gasteiger partial charge in [-0.05, 0) is 36.2 Å². The van der Waals surface area contributed by atoms with E-state index in [2.05, 4.69) is 15.6 Å². The molecule has 0 saturated heterocycles. The first-order valence-corrected chi connectivity index (χ1v) is 7.82. The lowest BCUT2D eigenvalue weighted by molar-refractivity contribution is -0.126. The average molecular weight is 345 g/mol. The number of carbonyl (C=O) groups excluding carboxylic acids is 2. The minimum atomic E-state index is -0.632. The number of amides is 2. The van der Waals surface area contributed by atoms with Crippen molar-refractivity contribution >= 4 is 17.5 Å². The van der Waals surface area contributed by atoms with Crippen molar-refractivity contribution in [3.8, 4) is 11.6 Å². The van der Waals surface area contributed by atoms with Gasteiger partial charge in [0.15, 0.2) is 0 Å². The first kappa shape index (κ1) is 18.4. The van der Waals surface area contributed by atoms with Gasteiger partial charge in [-0.15, -0.1) is 0 Å². The van der Waals surface area contributed by atoms with Crippen LogP contribution in [-0.2, 0) is 9.59 Å². The Kier molecular flexibility index (Phi) is 6.05. The van der Waals surface area contributed by atoms with Gasteiger partial charge in [0.05, 0.1) is 11.9 Å². The van der Waals surface area contributed by atoms with Gasteiger partial charge in [0.25, 0.3) is 0 Å². The summed E-state index contributed by atoms with van der Waals surface area (Å²) in [5, 5.41) is 5.33. The number of nitrogens with one attached hydrogen (secondary N) is 2. The molecule has 0 fully saturated rings. The van der Waals surface area contributed by atoms with Crippen molar-refractivity contribution in [2.75, 3.05) is 5.32 Å². The Morgan fingerprint density at radius 2 is 1.80 bits per heavy atom. The van der Waals surface area contributed by atoms with E-state index < -0.39 is 6.04 Å². The zero-order valence-electron chi connectivity index (χ0n) is 14.2. The fourth-order valence-corrected chi connectivity index (χ4v) is 2.11.